The first kappa shape index (κ1) is 28.0. The highest BCUT2D eigenvalue weighted by molar-refractivity contribution is 8.18. The number of nitro groups is 1. The summed E-state index contributed by atoms with van der Waals surface area (Å²) in [7, 11) is 1.63. The minimum atomic E-state index is -0.395. The van der Waals surface area contributed by atoms with E-state index in [1.165, 1.54) is 23.9 Å². The summed E-state index contributed by atoms with van der Waals surface area (Å²) in [5, 5.41) is 12.8. The van der Waals surface area contributed by atoms with E-state index in [4.69, 9.17) is 9.73 Å². The fourth-order valence-corrected chi connectivity index (χ4v) is 6.12. The minimum Gasteiger partial charge on any atom is -0.497 e. The summed E-state index contributed by atoms with van der Waals surface area (Å²) in [6, 6.07) is 32.0. The van der Waals surface area contributed by atoms with Gasteiger partial charge in [0.25, 0.3) is 11.6 Å². The Bertz CT molecular complexity index is 1880. The molecule has 1 aliphatic heterocycles. The normalized spacial score (nSPS) is 15.1. The molecule has 0 aliphatic carbocycles. The highest BCUT2D eigenvalue weighted by atomic mass is 32.2. The molecule has 8 nitrogen and oxygen atoms in total. The molecule has 0 atom stereocenters. The van der Waals surface area contributed by atoms with Gasteiger partial charge in [0.15, 0.2) is 5.17 Å². The molecule has 9 heteroatoms. The molecule has 2 heterocycles. The molecule has 1 aromatic heterocycles. The Morgan fingerprint density at radius 2 is 1.53 bits per heavy atom. The lowest BCUT2D eigenvalue weighted by atomic mass is 10.1. The van der Waals surface area contributed by atoms with Crippen molar-refractivity contribution >= 4 is 51.2 Å². The molecule has 4 aromatic carbocycles. The third-order valence-corrected chi connectivity index (χ3v) is 8.42. The van der Waals surface area contributed by atoms with Gasteiger partial charge in [0.2, 0.25) is 0 Å². The number of benzene rings is 4. The van der Waals surface area contributed by atoms with Gasteiger partial charge in [-0.15, -0.1) is 0 Å². The zero-order valence-corrected chi connectivity index (χ0v) is 24.5. The number of rotatable bonds is 8. The van der Waals surface area contributed by atoms with E-state index in [1.807, 2.05) is 79.7 Å². The maximum Gasteiger partial charge on any atom is 0.269 e. The molecule has 6 rings (SSSR count). The number of hydrogen-bond acceptors (Lipinski definition) is 6. The van der Waals surface area contributed by atoms with Gasteiger partial charge in [-0.05, 0) is 66.2 Å². The van der Waals surface area contributed by atoms with E-state index in [9.17, 15) is 14.9 Å². The average molecular weight is 589 g/mol. The van der Waals surface area contributed by atoms with Crippen LogP contribution in [0.4, 0.5) is 11.4 Å². The molecule has 214 valence electrons. The average Bonchev–Trinajstić information content (AvgIpc) is 3.46. The molecule has 0 saturated carbocycles. The fourth-order valence-electron chi connectivity index (χ4n) is 5.14. The Morgan fingerprint density at radius 1 is 0.884 bits per heavy atom. The van der Waals surface area contributed by atoms with E-state index in [-0.39, 0.29) is 11.6 Å². The number of aromatic nitrogens is 1. The number of hydrogen-bond donors (Lipinski definition) is 0. The molecule has 0 bridgehead atoms. The molecule has 5 aromatic rings. The van der Waals surface area contributed by atoms with E-state index in [0.29, 0.717) is 23.2 Å². The lowest BCUT2D eigenvalue weighted by Crippen LogP contribution is -2.28. The quantitative estimate of drug-likeness (QED) is 0.105. The molecule has 43 heavy (non-hydrogen) atoms. The van der Waals surface area contributed by atoms with Gasteiger partial charge >= 0.3 is 0 Å². The predicted molar refractivity (Wildman–Crippen MR) is 172 cm³/mol. The number of non-ortho nitro benzene ring substituents is 1. The lowest BCUT2D eigenvalue weighted by molar-refractivity contribution is -0.384. The van der Waals surface area contributed by atoms with Crippen LogP contribution < -0.4 is 4.74 Å². The largest absolute Gasteiger partial charge is 0.497 e. The highest BCUT2D eigenvalue weighted by Gasteiger charge is 2.34. The van der Waals surface area contributed by atoms with E-state index in [2.05, 4.69) is 16.7 Å². The second kappa shape index (κ2) is 12.0. The Kier molecular flexibility index (Phi) is 7.81. The van der Waals surface area contributed by atoms with E-state index < -0.39 is 4.92 Å². The van der Waals surface area contributed by atoms with Crippen LogP contribution in [-0.4, -0.2) is 32.6 Å². The first-order valence-electron chi connectivity index (χ1n) is 13.7. The van der Waals surface area contributed by atoms with Gasteiger partial charge in [0.1, 0.15) is 5.75 Å². The minimum absolute atomic E-state index is 0.0622. The topological polar surface area (TPSA) is 90.0 Å². The van der Waals surface area contributed by atoms with Gasteiger partial charge < -0.3 is 9.30 Å². The third kappa shape index (κ3) is 5.80. The van der Waals surface area contributed by atoms with Crippen LogP contribution in [0.5, 0.6) is 5.75 Å². The summed E-state index contributed by atoms with van der Waals surface area (Å²) in [4.78, 5) is 31.8. The van der Waals surface area contributed by atoms with E-state index in [0.717, 1.165) is 44.7 Å². The molecule has 1 amide bonds. The molecule has 1 aliphatic rings. The second-order valence-corrected chi connectivity index (χ2v) is 11.1. The van der Waals surface area contributed by atoms with Crippen molar-refractivity contribution in [3.8, 4) is 5.75 Å². The van der Waals surface area contributed by atoms with Crippen LogP contribution in [0.25, 0.3) is 17.0 Å². The van der Waals surface area contributed by atoms with Crippen molar-refractivity contribution in [3.05, 3.63) is 141 Å². The molecular formula is C34H28N4O4S. The van der Waals surface area contributed by atoms with Crippen LogP contribution in [0, 0.1) is 17.0 Å². The summed E-state index contributed by atoms with van der Waals surface area (Å²) in [6.45, 7) is 2.95. The second-order valence-electron chi connectivity index (χ2n) is 10.1. The van der Waals surface area contributed by atoms with Crippen molar-refractivity contribution in [1.29, 1.82) is 0 Å². The Morgan fingerprint density at radius 3 is 2.23 bits per heavy atom. The number of fused-ring (bicyclic) bond motifs is 1. The number of ether oxygens (including phenoxy) is 1. The number of carbonyl (C=O) groups excluding carboxylic acids is 1. The van der Waals surface area contributed by atoms with Crippen molar-refractivity contribution in [1.82, 2.24) is 9.47 Å². The maximum atomic E-state index is 13.9. The number of amidine groups is 1. The van der Waals surface area contributed by atoms with Crippen molar-refractivity contribution in [2.45, 2.75) is 20.0 Å². The zero-order valence-electron chi connectivity index (χ0n) is 23.6. The lowest BCUT2D eigenvalue weighted by Gasteiger charge is -2.16. The third-order valence-electron chi connectivity index (χ3n) is 7.41. The first-order valence-corrected chi connectivity index (χ1v) is 14.5. The molecule has 0 unspecified atom stereocenters. The van der Waals surface area contributed by atoms with Crippen molar-refractivity contribution in [2.75, 3.05) is 7.11 Å². The number of carbonyl (C=O) groups is 1. The maximum absolute atomic E-state index is 13.9. The summed E-state index contributed by atoms with van der Waals surface area (Å²) < 4.78 is 7.48. The number of nitro benzene ring substituents is 1. The molecule has 0 N–H and O–H groups in total. The zero-order chi connectivity index (χ0) is 29.9. The van der Waals surface area contributed by atoms with Gasteiger partial charge in [-0.1, -0.05) is 60.7 Å². The van der Waals surface area contributed by atoms with Gasteiger partial charge in [0.05, 0.1) is 29.2 Å². The Balaban J connectivity index is 1.38. The summed E-state index contributed by atoms with van der Waals surface area (Å²) in [6.07, 6.45) is 1.96. The van der Waals surface area contributed by atoms with E-state index in [1.54, 1.807) is 24.1 Å². The van der Waals surface area contributed by atoms with Crippen LogP contribution in [0.2, 0.25) is 0 Å². The monoisotopic (exact) mass is 588 g/mol. The van der Waals surface area contributed by atoms with Gasteiger partial charge in [-0.25, -0.2) is 4.99 Å². The van der Waals surface area contributed by atoms with Crippen LogP contribution in [-0.2, 0) is 17.9 Å². The van der Waals surface area contributed by atoms with Gasteiger partial charge in [-0.2, -0.15) is 0 Å². The van der Waals surface area contributed by atoms with Gasteiger partial charge in [0, 0.05) is 40.8 Å². The van der Waals surface area contributed by atoms with Crippen LogP contribution >= 0.6 is 11.8 Å². The number of amides is 1. The number of aliphatic imine (C=N–C) groups is 1. The molecule has 0 radical (unpaired) electrons. The van der Waals surface area contributed by atoms with Crippen LogP contribution in [0.3, 0.4) is 0 Å². The van der Waals surface area contributed by atoms with Crippen LogP contribution in [0.1, 0.15) is 22.4 Å². The summed E-state index contributed by atoms with van der Waals surface area (Å²) >= 11 is 1.37. The molecule has 1 saturated heterocycles. The molecular weight excluding hydrogens is 560 g/mol. The predicted octanol–water partition coefficient (Wildman–Crippen LogP) is 7.72. The van der Waals surface area contributed by atoms with E-state index >= 15 is 0 Å². The van der Waals surface area contributed by atoms with Crippen molar-refractivity contribution in [2.24, 2.45) is 4.99 Å². The molecule has 1 fully saturated rings. The number of para-hydroxylation sites is 2. The van der Waals surface area contributed by atoms with Crippen molar-refractivity contribution in [3.63, 3.8) is 0 Å². The molecule has 0 spiro atoms. The summed E-state index contributed by atoms with van der Waals surface area (Å²) in [5.74, 6) is 0.646. The number of nitrogens with zero attached hydrogens (tertiary/aromatic N) is 4. The highest BCUT2D eigenvalue weighted by Crippen LogP contribution is 2.38. The van der Waals surface area contributed by atoms with Gasteiger partial charge in [-0.3, -0.25) is 19.8 Å². The van der Waals surface area contributed by atoms with Crippen molar-refractivity contribution < 1.29 is 14.5 Å². The fraction of sp³-hybridized carbons (Fsp3) is 0.118. The number of methoxy groups -OCH3 is 1. The SMILES string of the molecule is COc1ccc(CN2C(=O)/C(=C/c3c(C)n(Cc4ccc([N+](=O)[O-])cc4)c4ccccc34)SC2=Nc2ccccc2)cc1. The standard InChI is InChI=1S/C34H28N4O4S/c1-23-30(29-10-6-7-11-31(29)36(23)21-24-12-16-27(17-13-24)38(40)41)20-32-33(39)37(22-25-14-18-28(42-2)19-15-25)34(43-32)35-26-8-4-3-5-9-26/h3-20H,21-22H2,1-2H3/b32-20-,35-34?. The first-order chi connectivity index (χ1) is 20.9. The Hall–Kier alpha value is -5.15. The summed E-state index contributed by atoms with van der Waals surface area (Å²) in [5.41, 5.74) is 5.72. The number of thioether (sulfide) groups is 1. The smallest absolute Gasteiger partial charge is 0.269 e. The van der Waals surface area contributed by atoms with Crippen LogP contribution in [0.15, 0.2) is 113 Å². The Labute approximate surface area is 253 Å².